The van der Waals surface area contributed by atoms with Gasteiger partial charge in [0.1, 0.15) is 5.60 Å². The third-order valence-corrected chi connectivity index (χ3v) is 2.89. The van der Waals surface area contributed by atoms with E-state index >= 15 is 0 Å². The fourth-order valence-corrected chi connectivity index (χ4v) is 2.06. The molecule has 0 radical (unpaired) electrons. The number of carbonyl (C=O) groups excluding carboxylic acids is 1. The van der Waals surface area contributed by atoms with Gasteiger partial charge in [0.05, 0.1) is 0 Å². The SMILES string of the molecule is C=CCN1CCC(NC(=O)OC(C)(C)C)(C(=O)O)C1. The Kier molecular flexibility index (Phi) is 4.57. The van der Waals surface area contributed by atoms with Gasteiger partial charge in [-0.2, -0.15) is 0 Å². The van der Waals surface area contributed by atoms with Gasteiger partial charge in [0, 0.05) is 19.6 Å². The standard InChI is InChI=1S/C13H22N2O4/c1-5-7-15-8-6-13(9-15,10(16)17)14-11(18)19-12(2,3)4/h5H,1,6-9H2,2-4H3,(H,14,18)(H,16,17). The molecule has 1 rings (SSSR count). The summed E-state index contributed by atoms with van der Waals surface area (Å²) in [7, 11) is 0. The number of carboxylic acid groups (broad SMARTS) is 1. The summed E-state index contributed by atoms with van der Waals surface area (Å²) >= 11 is 0. The fraction of sp³-hybridized carbons (Fsp3) is 0.692. The number of carboxylic acids is 1. The number of aliphatic carboxylic acids is 1. The molecule has 108 valence electrons. The topological polar surface area (TPSA) is 78.9 Å². The molecular weight excluding hydrogens is 248 g/mol. The molecule has 0 bridgehead atoms. The van der Waals surface area contributed by atoms with E-state index < -0.39 is 23.2 Å². The van der Waals surface area contributed by atoms with E-state index in [2.05, 4.69) is 11.9 Å². The fourth-order valence-electron chi connectivity index (χ4n) is 2.06. The summed E-state index contributed by atoms with van der Waals surface area (Å²) in [5, 5.41) is 11.9. The minimum atomic E-state index is -1.27. The lowest BCUT2D eigenvalue weighted by Gasteiger charge is -2.28. The molecule has 0 aromatic heterocycles. The molecule has 1 atom stereocenters. The number of likely N-dealkylation sites (tertiary alicyclic amines) is 1. The predicted molar refractivity (Wildman–Crippen MR) is 71.0 cm³/mol. The van der Waals surface area contributed by atoms with Crippen LogP contribution in [0.5, 0.6) is 0 Å². The molecule has 1 aliphatic rings. The Balaban J connectivity index is 2.72. The summed E-state index contributed by atoms with van der Waals surface area (Å²) in [6.07, 6.45) is 1.37. The summed E-state index contributed by atoms with van der Waals surface area (Å²) in [5.41, 5.74) is -1.92. The molecule has 2 N–H and O–H groups in total. The quantitative estimate of drug-likeness (QED) is 0.751. The number of hydrogen-bond acceptors (Lipinski definition) is 4. The van der Waals surface area contributed by atoms with Crippen molar-refractivity contribution in [2.75, 3.05) is 19.6 Å². The first kappa shape index (κ1) is 15.5. The van der Waals surface area contributed by atoms with Gasteiger partial charge >= 0.3 is 12.1 Å². The maximum atomic E-state index is 11.8. The smallest absolute Gasteiger partial charge is 0.408 e. The van der Waals surface area contributed by atoms with Crippen molar-refractivity contribution in [2.45, 2.75) is 38.3 Å². The maximum Gasteiger partial charge on any atom is 0.408 e. The highest BCUT2D eigenvalue weighted by Crippen LogP contribution is 2.22. The zero-order valence-corrected chi connectivity index (χ0v) is 11.7. The molecule has 1 aliphatic heterocycles. The molecule has 1 saturated heterocycles. The number of ether oxygens (including phenoxy) is 1. The molecule has 1 fully saturated rings. The van der Waals surface area contributed by atoms with Crippen LogP contribution in [0.4, 0.5) is 4.79 Å². The predicted octanol–water partition coefficient (Wildman–Crippen LogP) is 1.23. The van der Waals surface area contributed by atoms with E-state index in [-0.39, 0.29) is 6.54 Å². The highest BCUT2D eigenvalue weighted by Gasteiger charge is 2.46. The summed E-state index contributed by atoms with van der Waals surface area (Å²) in [6, 6.07) is 0. The molecular formula is C13H22N2O4. The summed E-state index contributed by atoms with van der Waals surface area (Å²) in [4.78, 5) is 25.1. The van der Waals surface area contributed by atoms with Crippen LogP contribution in [-0.2, 0) is 9.53 Å². The van der Waals surface area contributed by atoms with E-state index in [0.29, 0.717) is 19.5 Å². The number of hydrogen-bond donors (Lipinski definition) is 2. The molecule has 0 aromatic rings. The Morgan fingerprint density at radius 2 is 2.16 bits per heavy atom. The number of carbonyl (C=O) groups is 2. The van der Waals surface area contributed by atoms with E-state index in [4.69, 9.17) is 4.74 Å². The molecule has 0 aliphatic carbocycles. The average molecular weight is 270 g/mol. The van der Waals surface area contributed by atoms with E-state index in [1.165, 1.54) is 0 Å². The van der Waals surface area contributed by atoms with Crippen LogP contribution in [0.3, 0.4) is 0 Å². The van der Waals surface area contributed by atoms with E-state index in [0.717, 1.165) is 0 Å². The monoisotopic (exact) mass is 270 g/mol. The molecule has 6 nitrogen and oxygen atoms in total. The maximum absolute atomic E-state index is 11.8. The van der Waals surface area contributed by atoms with E-state index in [1.54, 1.807) is 26.8 Å². The first-order chi connectivity index (χ1) is 8.68. The first-order valence-electron chi connectivity index (χ1n) is 6.26. The van der Waals surface area contributed by atoms with Gasteiger partial charge in [-0.15, -0.1) is 6.58 Å². The molecule has 19 heavy (non-hydrogen) atoms. The van der Waals surface area contributed by atoms with Gasteiger partial charge in [0.2, 0.25) is 0 Å². The van der Waals surface area contributed by atoms with Gasteiger partial charge in [-0.1, -0.05) is 6.08 Å². The third-order valence-electron chi connectivity index (χ3n) is 2.89. The van der Waals surface area contributed by atoms with Crippen molar-refractivity contribution in [2.24, 2.45) is 0 Å². The largest absolute Gasteiger partial charge is 0.479 e. The minimum absolute atomic E-state index is 0.258. The molecule has 0 aromatic carbocycles. The van der Waals surface area contributed by atoms with Gasteiger partial charge in [0.15, 0.2) is 5.54 Å². The second-order valence-corrected chi connectivity index (χ2v) is 5.79. The molecule has 1 heterocycles. The van der Waals surface area contributed by atoms with Gasteiger partial charge in [0.25, 0.3) is 0 Å². The normalized spacial score (nSPS) is 23.9. The van der Waals surface area contributed by atoms with E-state index in [1.807, 2.05) is 4.90 Å². The van der Waals surface area contributed by atoms with Crippen molar-refractivity contribution in [1.29, 1.82) is 0 Å². The second-order valence-electron chi connectivity index (χ2n) is 5.79. The lowest BCUT2D eigenvalue weighted by atomic mass is 9.99. The molecule has 0 saturated carbocycles. The molecule has 1 amide bonds. The van der Waals surface area contributed by atoms with Crippen LogP contribution >= 0.6 is 0 Å². The molecule has 0 spiro atoms. The van der Waals surface area contributed by atoms with Gasteiger partial charge in [-0.05, 0) is 27.2 Å². The highest BCUT2D eigenvalue weighted by atomic mass is 16.6. The Labute approximate surface area is 113 Å². The van der Waals surface area contributed by atoms with Gasteiger partial charge in [-0.25, -0.2) is 9.59 Å². The van der Waals surface area contributed by atoms with Crippen molar-refractivity contribution in [1.82, 2.24) is 10.2 Å². The van der Waals surface area contributed by atoms with E-state index in [9.17, 15) is 14.7 Å². The Morgan fingerprint density at radius 1 is 1.53 bits per heavy atom. The molecule has 6 heteroatoms. The van der Waals surface area contributed by atoms with Crippen molar-refractivity contribution < 1.29 is 19.4 Å². The van der Waals surface area contributed by atoms with Crippen LogP contribution in [0.2, 0.25) is 0 Å². The van der Waals surface area contributed by atoms with Crippen LogP contribution in [0.25, 0.3) is 0 Å². The van der Waals surface area contributed by atoms with Crippen molar-refractivity contribution in [3.63, 3.8) is 0 Å². The Morgan fingerprint density at radius 3 is 2.63 bits per heavy atom. The first-order valence-corrected chi connectivity index (χ1v) is 6.26. The zero-order chi connectivity index (χ0) is 14.7. The van der Waals surface area contributed by atoms with Gasteiger partial charge < -0.3 is 15.2 Å². The summed E-state index contributed by atoms with van der Waals surface area (Å²) in [6.45, 7) is 10.3. The minimum Gasteiger partial charge on any atom is -0.479 e. The highest BCUT2D eigenvalue weighted by molar-refractivity contribution is 5.85. The van der Waals surface area contributed by atoms with Crippen LogP contribution in [0.1, 0.15) is 27.2 Å². The lowest BCUT2D eigenvalue weighted by Crippen LogP contribution is -2.57. The van der Waals surface area contributed by atoms with Crippen LogP contribution in [0, 0.1) is 0 Å². The van der Waals surface area contributed by atoms with Crippen LogP contribution < -0.4 is 5.32 Å². The van der Waals surface area contributed by atoms with Crippen molar-refractivity contribution in [3.8, 4) is 0 Å². The third kappa shape index (κ3) is 4.24. The number of amides is 1. The van der Waals surface area contributed by atoms with Crippen LogP contribution in [0.15, 0.2) is 12.7 Å². The average Bonchev–Trinajstić information content (AvgIpc) is 2.60. The summed E-state index contributed by atoms with van der Waals surface area (Å²) < 4.78 is 5.12. The number of nitrogens with one attached hydrogen (secondary N) is 1. The second kappa shape index (κ2) is 5.61. The van der Waals surface area contributed by atoms with Crippen molar-refractivity contribution in [3.05, 3.63) is 12.7 Å². The van der Waals surface area contributed by atoms with Crippen LogP contribution in [-0.4, -0.2) is 52.8 Å². The summed E-state index contributed by atoms with van der Waals surface area (Å²) in [5.74, 6) is -1.04. The number of rotatable bonds is 4. The zero-order valence-electron chi connectivity index (χ0n) is 11.7. The Bertz CT molecular complexity index is 375. The number of nitrogens with zero attached hydrogens (tertiary/aromatic N) is 1. The Hall–Kier alpha value is -1.56. The van der Waals surface area contributed by atoms with Crippen molar-refractivity contribution >= 4 is 12.1 Å². The molecule has 1 unspecified atom stereocenters. The lowest BCUT2D eigenvalue weighted by molar-refractivity contribution is -0.144. The van der Waals surface area contributed by atoms with Gasteiger partial charge in [-0.3, -0.25) is 4.90 Å². The number of alkyl carbamates (subject to hydrolysis) is 1.